The normalized spacial score (nSPS) is 12.6. The standard InChI is InChI=1S/C16H23NO3/c1-16(2,3)20-15(19)17-14(12-18)11-7-10-13-8-5-4-6-9-13/h4-6,8-9,12,14H,7,10-11H2,1-3H3,(H,17,19). The minimum Gasteiger partial charge on any atom is -0.444 e. The number of rotatable bonds is 6. The van der Waals surface area contributed by atoms with E-state index < -0.39 is 17.7 Å². The molecule has 0 spiro atoms. The number of carbonyl (C=O) groups excluding carboxylic acids is 2. The summed E-state index contributed by atoms with van der Waals surface area (Å²) in [5, 5.41) is 2.58. The highest BCUT2D eigenvalue weighted by Crippen LogP contribution is 2.09. The number of ether oxygens (including phenoxy) is 1. The maximum atomic E-state index is 11.6. The molecule has 1 N–H and O–H groups in total. The van der Waals surface area contributed by atoms with Crippen molar-refractivity contribution in [1.82, 2.24) is 5.32 Å². The van der Waals surface area contributed by atoms with Gasteiger partial charge in [0.05, 0.1) is 6.04 Å². The van der Waals surface area contributed by atoms with Crippen molar-refractivity contribution in [2.75, 3.05) is 0 Å². The fourth-order valence-electron chi connectivity index (χ4n) is 1.80. The van der Waals surface area contributed by atoms with Crippen molar-refractivity contribution in [2.24, 2.45) is 0 Å². The SMILES string of the molecule is CC(C)(C)OC(=O)NC(C=O)CCCc1ccccc1. The van der Waals surface area contributed by atoms with Gasteiger partial charge in [0.2, 0.25) is 0 Å². The lowest BCUT2D eigenvalue weighted by molar-refractivity contribution is -0.109. The van der Waals surface area contributed by atoms with Crippen LogP contribution in [0, 0.1) is 0 Å². The van der Waals surface area contributed by atoms with Crippen LogP contribution in [-0.4, -0.2) is 24.0 Å². The Labute approximate surface area is 120 Å². The van der Waals surface area contributed by atoms with Gasteiger partial charge in [-0.25, -0.2) is 4.79 Å². The van der Waals surface area contributed by atoms with Gasteiger partial charge in [0.1, 0.15) is 11.9 Å². The van der Waals surface area contributed by atoms with Crippen molar-refractivity contribution in [3.05, 3.63) is 35.9 Å². The van der Waals surface area contributed by atoms with E-state index in [-0.39, 0.29) is 0 Å². The Hall–Kier alpha value is -1.84. The number of benzene rings is 1. The third-order valence-electron chi connectivity index (χ3n) is 2.69. The van der Waals surface area contributed by atoms with Gasteiger partial charge in [0.15, 0.2) is 0 Å². The molecule has 0 saturated carbocycles. The number of aldehydes is 1. The van der Waals surface area contributed by atoms with Crippen LogP contribution in [0.2, 0.25) is 0 Å². The van der Waals surface area contributed by atoms with E-state index >= 15 is 0 Å². The number of hydrogen-bond acceptors (Lipinski definition) is 3. The molecule has 0 aliphatic heterocycles. The van der Waals surface area contributed by atoms with Gasteiger partial charge in [-0.2, -0.15) is 0 Å². The van der Waals surface area contributed by atoms with Crippen molar-refractivity contribution in [3.63, 3.8) is 0 Å². The van der Waals surface area contributed by atoms with Crippen molar-refractivity contribution in [3.8, 4) is 0 Å². The third-order valence-corrected chi connectivity index (χ3v) is 2.69. The Morgan fingerprint density at radius 2 is 1.95 bits per heavy atom. The van der Waals surface area contributed by atoms with E-state index in [0.717, 1.165) is 19.1 Å². The van der Waals surface area contributed by atoms with Gasteiger partial charge >= 0.3 is 6.09 Å². The first-order valence-electron chi connectivity index (χ1n) is 6.89. The average molecular weight is 277 g/mol. The molecule has 1 aromatic rings. The van der Waals surface area contributed by atoms with Crippen molar-refractivity contribution >= 4 is 12.4 Å². The zero-order chi connectivity index (χ0) is 15.0. The van der Waals surface area contributed by atoms with E-state index in [1.165, 1.54) is 5.56 Å². The molecule has 0 aliphatic rings. The summed E-state index contributed by atoms with van der Waals surface area (Å²) in [6.45, 7) is 5.37. The zero-order valence-electron chi connectivity index (χ0n) is 12.4. The molecule has 1 rings (SSSR count). The second-order valence-electron chi connectivity index (χ2n) is 5.77. The molecule has 1 atom stereocenters. The fourth-order valence-corrected chi connectivity index (χ4v) is 1.80. The number of carbonyl (C=O) groups is 2. The van der Waals surface area contributed by atoms with E-state index in [4.69, 9.17) is 4.74 Å². The van der Waals surface area contributed by atoms with Crippen LogP contribution in [0.1, 0.15) is 39.2 Å². The Balaban J connectivity index is 2.33. The first-order valence-corrected chi connectivity index (χ1v) is 6.89. The second-order valence-corrected chi connectivity index (χ2v) is 5.77. The minimum absolute atomic E-state index is 0.492. The molecule has 4 nitrogen and oxygen atoms in total. The maximum absolute atomic E-state index is 11.6. The van der Waals surface area contributed by atoms with Gasteiger partial charge in [-0.3, -0.25) is 0 Å². The van der Waals surface area contributed by atoms with E-state index in [1.807, 2.05) is 18.2 Å². The molecule has 1 amide bonds. The highest BCUT2D eigenvalue weighted by atomic mass is 16.6. The van der Waals surface area contributed by atoms with E-state index in [9.17, 15) is 9.59 Å². The molecular weight excluding hydrogens is 254 g/mol. The van der Waals surface area contributed by atoms with Crippen LogP contribution in [0.15, 0.2) is 30.3 Å². The molecule has 0 fully saturated rings. The summed E-state index contributed by atoms with van der Waals surface area (Å²) in [6, 6.07) is 9.57. The topological polar surface area (TPSA) is 55.4 Å². The number of hydrogen-bond donors (Lipinski definition) is 1. The Morgan fingerprint density at radius 1 is 1.30 bits per heavy atom. The smallest absolute Gasteiger partial charge is 0.408 e. The Kier molecular flexibility index (Phi) is 6.22. The summed E-state index contributed by atoms with van der Waals surface area (Å²) in [5.41, 5.74) is 0.677. The van der Waals surface area contributed by atoms with E-state index in [1.54, 1.807) is 20.8 Å². The first-order chi connectivity index (χ1) is 9.40. The summed E-state index contributed by atoms with van der Waals surface area (Å²) in [6.07, 6.45) is 2.55. The summed E-state index contributed by atoms with van der Waals surface area (Å²) in [5.74, 6) is 0. The van der Waals surface area contributed by atoms with Gasteiger partial charge in [-0.1, -0.05) is 30.3 Å². The Bertz CT molecular complexity index is 423. The molecule has 0 bridgehead atoms. The molecular formula is C16H23NO3. The monoisotopic (exact) mass is 277 g/mol. The lowest BCUT2D eigenvalue weighted by Gasteiger charge is -2.21. The van der Waals surface area contributed by atoms with Crippen molar-refractivity contribution < 1.29 is 14.3 Å². The van der Waals surface area contributed by atoms with E-state index in [2.05, 4.69) is 17.4 Å². The predicted molar refractivity (Wildman–Crippen MR) is 78.6 cm³/mol. The molecule has 110 valence electrons. The first kappa shape index (κ1) is 16.2. The average Bonchev–Trinajstić information content (AvgIpc) is 2.36. The predicted octanol–water partition coefficient (Wildman–Crippen LogP) is 3.10. The van der Waals surface area contributed by atoms with Crippen LogP contribution in [0.5, 0.6) is 0 Å². The zero-order valence-corrected chi connectivity index (χ0v) is 12.4. The van der Waals surface area contributed by atoms with Crippen molar-refractivity contribution in [1.29, 1.82) is 0 Å². The summed E-state index contributed by atoms with van der Waals surface area (Å²) >= 11 is 0. The highest BCUT2D eigenvalue weighted by molar-refractivity contribution is 5.73. The number of aryl methyl sites for hydroxylation is 1. The van der Waals surface area contributed by atoms with Crippen molar-refractivity contribution in [2.45, 2.75) is 51.7 Å². The molecule has 20 heavy (non-hydrogen) atoms. The van der Waals surface area contributed by atoms with Gasteiger partial charge in [0, 0.05) is 0 Å². The van der Waals surface area contributed by atoms with Gasteiger partial charge in [-0.15, -0.1) is 0 Å². The molecule has 1 unspecified atom stereocenters. The Morgan fingerprint density at radius 3 is 2.50 bits per heavy atom. The van der Waals surface area contributed by atoms with Gasteiger partial charge < -0.3 is 14.8 Å². The van der Waals surface area contributed by atoms with E-state index in [0.29, 0.717) is 6.42 Å². The number of nitrogens with one attached hydrogen (secondary N) is 1. The van der Waals surface area contributed by atoms with Crippen LogP contribution in [-0.2, 0) is 16.0 Å². The molecule has 0 aliphatic carbocycles. The van der Waals surface area contributed by atoms with Crippen LogP contribution >= 0.6 is 0 Å². The fraction of sp³-hybridized carbons (Fsp3) is 0.500. The molecule has 0 radical (unpaired) electrons. The lowest BCUT2D eigenvalue weighted by Crippen LogP contribution is -2.40. The molecule has 1 aromatic carbocycles. The quantitative estimate of drug-likeness (QED) is 0.813. The van der Waals surface area contributed by atoms with Gasteiger partial charge in [0.25, 0.3) is 0 Å². The third kappa shape index (κ3) is 6.92. The van der Waals surface area contributed by atoms with Gasteiger partial charge in [-0.05, 0) is 45.6 Å². The number of amides is 1. The minimum atomic E-state index is -0.554. The molecule has 0 saturated heterocycles. The van der Waals surface area contributed by atoms with Crippen LogP contribution in [0.25, 0.3) is 0 Å². The number of alkyl carbamates (subject to hydrolysis) is 1. The second kappa shape index (κ2) is 7.68. The summed E-state index contributed by atoms with van der Waals surface area (Å²) in [4.78, 5) is 22.5. The maximum Gasteiger partial charge on any atom is 0.408 e. The summed E-state index contributed by atoms with van der Waals surface area (Å²) < 4.78 is 5.13. The molecule has 0 aromatic heterocycles. The van der Waals surface area contributed by atoms with Crippen LogP contribution < -0.4 is 5.32 Å². The molecule has 0 heterocycles. The summed E-state index contributed by atoms with van der Waals surface area (Å²) in [7, 11) is 0. The van der Waals surface area contributed by atoms with Crippen LogP contribution in [0.3, 0.4) is 0 Å². The van der Waals surface area contributed by atoms with Crippen LogP contribution in [0.4, 0.5) is 4.79 Å². The lowest BCUT2D eigenvalue weighted by atomic mass is 10.1. The molecule has 4 heteroatoms. The highest BCUT2D eigenvalue weighted by Gasteiger charge is 2.18. The largest absolute Gasteiger partial charge is 0.444 e.